The highest BCUT2D eigenvalue weighted by Crippen LogP contribution is 2.20. The van der Waals surface area contributed by atoms with Gasteiger partial charge in [-0.25, -0.2) is 5.06 Å². The fraction of sp³-hybridized carbons (Fsp3) is 0.286. The number of hydrogen-bond donors (Lipinski definition) is 0. The molecule has 0 spiro atoms. The molecule has 0 aliphatic carbocycles. The molecule has 0 aliphatic heterocycles. The summed E-state index contributed by atoms with van der Waals surface area (Å²) in [7, 11) is 2.45. The van der Waals surface area contributed by atoms with Crippen LogP contribution in [0.15, 0.2) is 35.1 Å². The molecule has 1 aromatic heterocycles. The molecule has 118 valence electrons. The summed E-state index contributed by atoms with van der Waals surface area (Å²) in [6, 6.07) is 7.39. The van der Waals surface area contributed by atoms with E-state index < -0.39 is 24.2 Å². The van der Waals surface area contributed by atoms with Gasteiger partial charge in [0.05, 0.1) is 7.11 Å². The number of amides is 1. The highest BCUT2D eigenvalue weighted by Gasteiger charge is 2.31. The number of hydrogen-bond acceptors (Lipinski definition) is 3. The minimum Gasteiger partial charge on any atom is -0.294 e. The molecule has 0 saturated heterocycles. The zero-order valence-electron chi connectivity index (χ0n) is 11.8. The van der Waals surface area contributed by atoms with E-state index in [1.165, 1.54) is 26.3 Å². The van der Waals surface area contributed by atoms with E-state index in [4.69, 9.17) is 4.84 Å². The lowest BCUT2D eigenvalue weighted by molar-refractivity contribution is -0.141. The van der Waals surface area contributed by atoms with Crippen LogP contribution in [0.2, 0.25) is 0 Å². The normalized spacial score (nSPS) is 11.7. The van der Waals surface area contributed by atoms with Crippen LogP contribution in [-0.2, 0) is 11.4 Å². The van der Waals surface area contributed by atoms with Gasteiger partial charge in [-0.3, -0.25) is 19.0 Å². The van der Waals surface area contributed by atoms with Gasteiger partial charge in [0, 0.05) is 12.4 Å². The van der Waals surface area contributed by atoms with Gasteiger partial charge in [0.25, 0.3) is 11.5 Å². The minimum atomic E-state index is -4.63. The number of benzene rings is 1. The van der Waals surface area contributed by atoms with Crippen molar-refractivity contribution in [3.63, 3.8) is 0 Å². The molecule has 0 radical (unpaired) electrons. The van der Waals surface area contributed by atoms with Crippen LogP contribution in [0.25, 0.3) is 10.8 Å². The Bertz CT molecular complexity index is 768. The second kappa shape index (κ2) is 5.80. The Labute approximate surface area is 123 Å². The summed E-state index contributed by atoms with van der Waals surface area (Å²) < 4.78 is 38.6. The molecule has 2 rings (SSSR count). The third-order valence-electron chi connectivity index (χ3n) is 3.14. The molecular formula is C14H13F3N2O3. The number of rotatable bonds is 3. The molecule has 0 unspecified atom stereocenters. The van der Waals surface area contributed by atoms with Gasteiger partial charge in [0.15, 0.2) is 0 Å². The van der Waals surface area contributed by atoms with Crippen LogP contribution in [0, 0.1) is 0 Å². The third-order valence-corrected chi connectivity index (χ3v) is 3.14. The van der Waals surface area contributed by atoms with Gasteiger partial charge in [-0.2, -0.15) is 13.2 Å². The van der Waals surface area contributed by atoms with Crippen molar-refractivity contribution in [2.24, 2.45) is 0 Å². The molecule has 22 heavy (non-hydrogen) atoms. The number of nitrogens with zero attached hydrogens (tertiary/aromatic N) is 2. The van der Waals surface area contributed by atoms with Crippen LogP contribution in [0.5, 0.6) is 0 Å². The summed E-state index contributed by atoms with van der Waals surface area (Å²) in [4.78, 5) is 29.1. The van der Waals surface area contributed by atoms with Crippen molar-refractivity contribution < 1.29 is 22.8 Å². The zero-order chi connectivity index (χ0) is 16.5. The van der Waals surface area contributed by atoms with Crippen molar-refractivity contribution in [2.75, 3.05) is 14.2 Å². The van der Waals surface area contributed by atoms with Gasteiger partial charge in [-0.05, 0) is 17.5 Å². The van der Waals surface area contributed by atoms with Gasteiger partial charge >= 0.3 is 6.18 Å². The topological polar surface area (TPSA) is 51.5 Å². The van der Waals surface area contributed by atoms with E-state index in [0.717, 1.165) is 5.06 Å². The molecule has 0 saturated carbocycles. The second-order valence-corrected chi connectivity index (χ2v) is 4.61. The van der Waals surface area contributed by atoms with Crippen LogP contribution in [-0.4, -0.2) is 35.9 Å². The van der Waals surface area contributed by atoms with Crippen molar-refractivity contribution in [3.05, 3.63) is 46.4 Å². The van der Waals surface area contributed by atoms with Crippen molar-refractivity contribution in [2.45, 2.75) is 12.7 Å². The number of aromatic nitrogens is 1. The first kappa shape index (κ1) is 16.0. The number of hydroxylamine groups is 2. The maximum atomic E-state index is 12.7. The molecule has 0 N–H and O–H groups in total. The zero-order valence-corrected chi connectivity index (χ0v) is 11.8. The lowest BCUT2D eigenvalue weighted by Crippen LogP contribution is -2.36. The predicted molar refractivity (Wildman–Crippen MR) is 73.4 cm³/mol. The van der Waals surface area contributed by atoms with Gasteiger partial charge in [0.2, 0.25) is 0 Å². The quantitative estimate of drug-likeness (QED) is 0.816. The third kappa shape index (κ3) is 3.11. The second-order valence-electron chi connectivity index (χ2n) is 4.61. The van der Waals surface area contributed by atoms with E-state index in [-0.39, 0.29) is 11.1 Å². The summed E-state index contributed by atoms with van der Waals surface area (Å²) in [5.41, 5.74) is -1.26. The summed E-state index contributed by atoms with van der Waals surface area (Å²) >= 11 is 0. The number of carbonyl (C=O) groups excluding carboxylic acids is 1. The number of pyridine rings is 1. The number of fused-ring (bicyclic) bond motifs is 1. The molecule has 2 aromatic rings. The van der Waals surface area contributed by atoms with Crippen LogP contribution < -0.4 is 5.56 Å². The molecule has 0 bridgehead atoms. The highest BCUT2D eigenvalue weighted by molar-refractivity contribution is 5.96. The Kier molecular flexibility index (Phi) is 4.23. The Morgan fingerprint density at radius 2 is 1.95 bits per heavy atom. The van der Waals surface area contributed by atoms with Crippen molar-refractivity contribution in [1.29, 1.82) is 0 Å². The van der Waals surface area contributed by atoms with Crippen LogP contribution in [0.3, 0.4) is 0 Å². The van der Waals surface area contributed by atoms with Crippen LogP contribution in [0.1, 0.15) is 10.5 Å². The van der Waals surface area contributed by atoms with Crippen LogP contribution >= 0.6 is 0 Å². The standard InChI is InChI=1S/C14H13F3N2O3/c1-18(22-2)13(21)11-7-9-5-3-4-6-10(9)12(20)19(11)8-14(15,16)17/h3-7H,8H2,1-2H3. The molecular weight excluding hydrogens is 301 g/mol. The SMILES string of the molecule is CON(C)C(=O)c1cc2ccccc2c(=O)n1CC(F)(F)F. The molecule has 0 fully saturated rings. The summed E-state index contributed by atoms with van der Waals surface area (Å²) in [6.07, 6.45) is -4.63. The first-order valence-electron chi connectivity index (χ1n) is 6.26. The highest BCUT2D eigenvalue weighted by atomic mass is 19.4. The van der Waals surface area contributed by atoms with E-state index >= 15 is 0 Å². The largest absolute Gasteiger partial charge is 0.406 e. The average Bonchev–Trinajstić information content (AvgIpc) is 2.47. The molecule has 5 nitrogen and oxygen atoms in total. The smallest absolute Gasteiger partial charge is 0.294 e. The van der Waals surface area contributed by atoms with Gasteiger partial charge in [-0.15, -0.1) is 0 Å². The maximum absolute atomic E-state index is 12.7. The van der Waals surface area contributed by atoms with E-state index in [0.29, 0.717) is 9.95 Å². The molecule has 0 atom stereocenters. The lowest BCUT2D eigenvalue weighted by atomic mass is 10.1. The Morgan fingerprint density at radius 3 is 2.55 bits per heavy atom. The van der Waals surface area contributed by atoms with Gasteiger partial charge in [0.1, 0.15) is 12.2 Å². The van der Waals surface area contributed by atoms with E-state index in [9.17, 15) is 22.8 Å². The first-order valence-corrected chi connectivity index (χ1v) is 6.26. The van der Waals surface area contributed by atoms with Gasteiger partial charge < -0.3 is 0 Å². The average molecular weight is 314 g/mol. The van der Waals surface area contributed by atoms with E-state index in [1.54, 1.807) is 18.2 Å². The van der Waals surface area contributed by atoms with Crippen molar-refractivity contribution >= 4 is 16.7 Å². The van der Waals surface area contributed by atoms with Gasteiger partial charge in [-0.1, -0.05) is 18.2 Å². The summed E-state index contributed by atoms with van der Waals surface area (Å²) in [6.45, 7) is -1.55. The summed E-state index contributed by atoms with van der Waals surface area (Å²) in [5, 5.41) is 1.26. The lowest BCUT2D eigenvalue weighted by Gasteiger charge is -2.19. The van der Waals surface area contributed by atoms with Crippen molar-refractivity contribution in [3.8, 4) is 0 Å². The van der Waals surface area contributed by atoms with Crippen LogP contribution in [0.4, 0.5) is 13.2 Å². The predicted octanol–water partition coefficient (Wildman–Crippen LogP) is 2.20. The fourth-order valence-electron chi connectivity index (χ4n) is 2.06. The molecule has 0 aliphatic rings. The monoisotopic (exact) mass is 314 g/mol. The number of halogens is 3. The molecule has 1 aromatic carbocycles. The molecule has 8 heteroatoms. The summed E-state index contributed by atoms with van der Waals surface area (Å²) in [5.74, 6) is -0.838. The fourth-order valence-corrected chi connectivity index (χ4v) is 2.06. The number of alkyl halides is 3. The minimum absolute atomic E-state index is 0.114. The van der Waals surface area contributed by atoms with Crippen molar-refractivity contribution in [1.82, 2.24) is 9.63 Å². The Hall–Kier alpha value is -2.35. The molecule has 1 amide bonds. The van der Waals surface area contributed by atoms with E-state index in [2.05, 4.69) is 0 Å². The Morgan fingerprint density at radius 1 is 1.32 bits per heavy atom. The first-order chi connectivity index (χ1) is 10.2. The molecule has 1 heterocycles. The number of carbonyl (C=O) groups is 1. The van der Waals surface area contributed by atoms with E-state index in [1.807, 2.05) is 0 Å². The maximum Gasteiger partial charge on any atom is 0.406 e. The Balaban J connectivity index is 2.74.